The third kappa shape index (κ3) is 4.57. The zero-order valence-corrected chi connectivity index (χ0v) is 16.2. The highest BCUT2D eigenvalue weighted by molar-refractivity contribution is 6.05. The maximum Gasteiger partial charge on any atom is 0.327 e. The van der Waals surface area contributed by atoms with Crippen LogP contribution in [-0.4, -0.2) is 28.1 Å². The molecule has 0 fully saturated rings. The van der Waals surface area contributed by atoms with Crippen molar-refractivity contribution in [3.05, 3.63) is 76.6 Å². The van der Waals surface area contributed by atoms with Gasteiger partial charge in [0, 0.05) is 11.3 Å². The summed E-state index contributed by atoms with van der Waals surface area (Å²) < 4.78 is 5.98. The molecule has 0 saturated carbocycles. The van der Waals surface area contributed by atoms with E-state index in [0.717, 1.165) is 4.68 Å². The van der Waals surface area contributed by atoms with E-state index in [2.05, 4.69) is 10.4 Å². The van der Waals surface area contributed by atoms with E-state index in [4.69, 9.17) is 4.74 Å². The van der Waals surface area contributed by atoms with Crippen LogP contribution in [0.1, 0.15) is 24.2 Å². The fraction of sp³-hybridized carbons (Fsp3) is 0.182. The van der Waals surface area contributed by atoms with Crippen LogP contribution in [0.4, 0.5) is 11.4 Å². The van der Waals surface area contributed by atoms with Crippen LogP contribution in [0.5, 0.6) is 0 Å². The zero-order chi connectivity index (χ0) is 20.8. The minimum absolute atomic E-state index is 0.0712. The molecule has 1 heterocycles. The lowest BCUT2D eigenvalue weighted by molar-refractivity contribution is -0.144. The maximum absolute atomic E-state index is 13.1. The molecule has 1 N–H and O–H groups in total. The molecule has 0 atom stereocenters. The number of benzene rings is 2. The Hall–Kier alpha value is -3.74. The molecule has 0 spiro atoms. The summed E-state index contributed by atoms with van der Waals surface area (Å²) in [6.07, 6.45) is 0. The second-order valence-electron chi connectivity index (χ2n) is 6.28. The highest BCUT2D eigenvalue weighted by atomic mass is 16.5. The molecule has 0 unspecified atom stereocenters. The molecule has 0 bridgehead atoms. The molecule has 3 rings (SSSR count). The molecule has 148 valence electrons. The number of para-hydroxylation sites is 1. The molecule has 2 aromatic carbocycles. The molecule has 0 amide bonds. The number of esters is 1. The lowest BCUT2D eigenvalue weighted by Crippen LogP contribution is -2.31. The maximum atomic E-state index is 13.1. The van der Waals surface area contributed by atoms with Gasteiger partial charge in [-0.1, -0.05) is 48.5 Å². The molecule has 29 heavy (non-hydrogen) atoms. The number of rotatable bonds is 7. The van der Waals surface area contributed by atoms with Crippen molar-refractivity contribution in [3.8, 4) is 11.3 Å². The number of ether oxygens (including phenoxy) is 1. The Balaban J connectivity index is 2.24. The Bertz CT molecular complexity index is 1080. The van der Waals surface area contributed by atoms with Crippen molar-refractivity contribution in [2.45, 2.75) is 20.4 Å². The largest absolute Gasteiger partial charge is 0.465 e. The van der Waals surface area contributed by atoms with Gasteiger partial charge in [0.2, 0.25) is 0 Å². The third-order valence-electron chi connectivity index (χ3n) is 4.18. The number of nitrogens with one attached hydrogen (secondary N) is 1. The first kappa shape index (κ1) is 20.0. The molecule has 0 aliphatic rings. The van der Waals surface area contributed by atoms with E-state index in [1.807, 2.05) is 36.4 Å². The second kappa shape index (κ2) is 8.97. The van der Waals surface area contributed by atoms with Crippen LogP contribution in [0.25, 0.3) is 11.3 Å². The predicted octanol–water partition coefficient (Wildman–Crippen LogP) is 3.42. The van der Waals surface area contributed by atoms with Crippen molar-refractivity contribution in [3.63, 3.8) is 0 Å². The molecule has 0 saturated heterocycles. The number of hydrogen-bond donors (Lipinski definition) is 1. The number of Topliss-reactive ketones (excluding diaryl/α,β-unsaturated/α-hetero) is 1. The zero-order valence-electron chi connectivity index (χ0n) is 16.2. The number of carbonyl (C=O) groups is 2. The summed E-state index contributed by atoms with van der Waals surface area (Å²) in [6.45, 7) is 2.91. The van der Waals surface area contributed by atoms with E-state index >= 15 is 0 Å². The molecular weight excluding hydrogens is 370 g/mol. The van der Waals surface area contributed by atoms with Crippen molar-refractivity contribution >= 4 is 23.1 Å². The first-order valence-electron chi connectivity index (χ1n) is 9.20. The quantitative estimate of drug-likeness (QED) is 0.490. The topological polar surface area (TPSA) is 90.3 Å². The van der Waals surface area contributed by atoms with Gasteiger partial charge in [0.25, 0.3) is 5.56 Å². The number of anilines is 2. The standard InChI is InChI=1S/C22H21N3O4/c1-3-29-18(27)14-25-22(28)21(23-17-12-8-5-9-13-17)19(15(2)26)20(24-25)16-10-6-4-7-11-16/h4-13,23H,3,14H2,1-2H3. The van der Waals surface area contributed by atoms with Crippen molar-refractivity contribution < 1.29 is 14.3 Å². The number of nitrogens with zero attached hydrogens (tertiary/aromatic N) is 2. The highest BCUT2D eigenvalue weighted by Crippen LogP contribution is 2.27. The van der Waals surface area contributed by atoms with E-state index in [9.17, 15) is 14.4 Å². The minimum atomic E-state index is -0.581. The molecular formula is C22H21N3O4. The monoisotopic (exact) mass is 391 g/mol. The van der Waals surface area contributed by atoms with Gasteiger partial charge in [0.05, 0.1) is 12.2 Å². The minimum Gasteiger partial charge on any atom is -0.465 e. The van der Waals surface area contributed by atoms with Crippen molar-refractivity contribution in [2.75, 3.05) is 11.9 Å². The van der Waals surface area contributed by atoms with Crippen molar-refractivity contribution in [1.82, 2.24) is 9.78 Å². The second-order valence-corrected chi connectivity index (χ2v) is 6.28. The first-order valence-corrected chi connectivity index (χ1v) is 9.20. The fourth-order valence-electron chi connectivity index (χ4n) is 2.93. The lowest BCUT2D eigenvalue weighted by Gasteiger charge is -2.16. The van der Waals surface area contributed by atoms with Gasteiger partial charge >= 0.3 is 5.97 Å². The van der Waals surface area contributed by atoms with Crippen LogP contribution in [0.2, 0.25) is 0 Å². The van der Waals surface area contributed by atoms with Gasteiger partial charge in [-0.3, -0.25) is 14.4 Å². The molecule has 0 radical (unpaired) electrons. The van der Waals surface area contributed by atoms with E-state index in [-0.39, 0.29) is 30.2 Å². The van der Waals surface area contributed by atoms with Gasteiger partial charge in [-0.15, -0.1) is 0 Å². The molecule has 7 nitrogen and oxygen atoms in total. The van der Waals surface area contributed by atoms with Crippen LogP contribution in [0.15, 0.2) is 65.5 Å². The lowest BCUT2D eigenvalue weighted by atomic mass is 10.0. The van der Waals surface area contributed by atoms with Crippen LogP contribution >= 0.6 is 0 Å². The Morgan fingerprint density at radius 2 is 1.66 bits per heavy atom. The average molecular weight is 391 g/mol. The number of ketones is 1. The smallest absolute Gasteiger partial charge is 0.327 e. The van der Waals surface area contributed by atoms with Crippen LogP contribution < -0.4 is 10.9 Å². The van der Waals surface area contributed by atoms with E-state index < -0.39 is 11.5 Å². The predicted molar refractivity (Wildman–Crippen MR) is 110 cm³/mol. The normalized spacial score (nSPS) is 10.4. The van der Waals surface area contributed by atoms with Gasteiger partial charge in [0.15, 0.2) is 5.78 Å². The molecule has 1 aromatic heterocycles. The Morgan fingerprint density at radius 3 is 2.24 bits per heavy atom. The van der Waals surface area contributed by atoms with Gasteiger partial charge in [-0.25, -0.2) is 4.68 Å². The number of aromatic nitrogens is 2. The van der Waals surface area contributed by atoms with E-state index in [1.165, 1.54) is 6.92 Å². The van der Waals surface area contributed by atoms with Crippen LogP contribution in [0, 0.1) is 0 Å². The van der Waals surface area contributed by atoms with Gasteiger partial charge in [-0.2, -0.15) is 5.10 Å². The Kier molecular flexibility index (Phi) is 6.19. The first-order chi connectivity index (χ1) is 14.0. The summed E-state index contributed by atoms with van der Waals surface area (Å²) in [5, 5.41) is 7.36. The SMILES string of the molecule is CCOC(=O)Cn1nc(-c2ccccc2)c(C(C)=O)c(Nc2ccccc2)c1=O. The van der Waals surface area contributed by atoms with Crippen molar-refractivity contribution in [1.29, 1.82) is 0 Å². The van der Waals surface area contributed by atoms with E-state index in [0.29, 0.717) is 16.9 Å². The van der Waals surface area contributed by atoms with E-state index in [1.54, 1.807) is 31.2 Å². The summed E-state index contributed by atoms with van der Waals surface area (Å²) in [5.41, 5.74) is 1.28. The molecule has 3 aromatic rings. The van der Waals surface area contributed by atoms with Crippen LogP contribution in [0.3, 0.4) is 0 Å². The summed E-state index contributed by atoms with van der Waals surface area (Å²) in [5.74, 6) is -0.891. The van der Waals surface area contributed by atoms with Gasteiger partial charge < -0.3 is 10.1 Å². The van der Waals surface area contributed by atoms with Crippen LogP contribution in [-0.2, 0) is 16.1 Å². The Labute approximate surface area is 168 Å². The van der Waals surface area contributed by atoms with Gasteiger partial charge in [0.1, 0.15) is 17.9 Å². The summed E-state index contributed by atoms with van der Waals surface area (Å²) in [4.78, 5) is 37.6. The third-order valence-corrected chi connectivity index (χ3v) is 4.18. The van der Waals surface area contributed by atoms with Crippen molar-refractivity contribution in [2.24, 2.45) is 0 Å². The van der Waals surface area contributed by atoms with Gasteiger partial charge in [-0.05, 0) is 26.0 Å². The summed E-state index contributed by atoms with van der Waals surface area (Å²) in [7, 11) is 0. The molecule has 0 aliphatic heterocycles. The highest BCUT2D eigenvalue weighted by Gasteiger charge is 2.23. The Morgan fingerprint density at radius 1 is 1.03 bits per heavy atom. The fourth-order valence-corrected chi connectivity index (χ4v) is 2.93. The summed E-state index contributed by atoms with van der Waals surface area (Å²) >= 11 is 0. The molecule has 0 aliphatic carbocycles. The number of carbonyl (C=O) groups excluding carboxylic acids is 2. The summed E-state index contributed by atoms with van der Waals surface area (Å²) in [6, 6.07) is 18.1. The molecule has 7 heteroatoms. The number of hydrogen-bond acceptors (Lipinski definition) is 6. The average Bonchev–Trinajstić information content (AvgIpc) is 2.72.